The van der Waals surface area contributed by atoms with Gasteiger partial charge in [-0.15, -0.1) is 21.5 Å². The molecule has 14 heavy (non-hydrogen) atoms. The van der Waals surface area contributed by atoms with Gasteiger partial charge in [0.05, 0.1) is 0 Å². The first kappa shape index (κ1) is 9.21. The summed E-state index contributed by atoms with van der Waals surface area (Å²) in [5.41, 5.74) is 0. The van der Waals surface area contributed by atoms with Crippen LogP contribution in [0.25, 0.3) is 0 Å². The lowest BCUT2D eigenvalue weighted by Gasteiger charge is -2.01. The lowest BCUT2D eigenvalue weighted by atomic mass is 10.3. The van der Waals surface area contributed by atoms with Crippen molar-refractivity contribution in [2.45, 2.75) is 6.42 Å². The minimum absolute atomic E-state index is 0.802. The molecule has 1 N–H and O–H groups in total. The number of rotatable bonds is 3. The predicted molar refractivity (Wildman–Crippen MR) is 57.7 cm³/mol. The summed E-state index contributed by atoms with van der Waals surface area (Å²) in [6.45, 7) is 0. The first-order valence-corrected chi connectivity index (χ1v) is 5.27. The van der Waals surface area contributed by atoms with Crippen molar-refractivity contribution in [3.05, 3.63) is 28.2 Å². The number of nitrogens with zero attached hydrogens (tertiary/aromatic N) is 3. The van der Waals surface area contributed by atoms with Gasteiger partial charge in [0.1, 0.15) is 5.82 Å². The van der Waals surface area contributed by atoms with E-state index < -0.39 is 0 Å². The van der Waals surface area contributed by atoms with E-state index in [1.807, 2.05) is 18.7 Å². The highest BCUT2D eigenvalue weighted by Crippen LogP contribution is 2.14. The Hall–Kier alpha value is -1.36. The largest absolute Gasteiger partial charge is 0.357 e. The molecule has 0 aromatic carbocycles. The minimum Gasteiger partial charge on any atom is -0.357 e. The van der Waals surface area contributed by atoms with Gasteiger partial charge >= 0.3 is 0 Å². The van der Waals surface area contributed by atoms with E-state index in [0.717, 1.165) is 18.2 Å². The second-order valence-electron chi connectivity index (χ2n) is 3.00. The van der Waals surface area contributed by atoms with Crippen molar-refractivity contribution >= 4 is 17.3 Å². The van der Waals surface area contributed by atoms with Crippen LogP contribution in [0.1, 0.15) is 10.7 Å². The maximum atomic E-state index is 4.12. The van der Waals surface area contributed by atoms with E-state index in [0.29, 0.717) is 0 Å². The van der Waals surface area contributed by atoms with E-state index >= 15 is 0 Å². The van der Waals surface area contributed by atoms with Crippen molar-refractivity contribution < 1.29 is 0 Å². The van der Waals surface area contributed by atoms with Gasteiger partial charge in [0.25, 0.3) is 0 Å². The van der Waals surface area contributed by atoms with Crippen molar-refractivity contribution in [1.29, 1.82) is 0 Å². The van der Waals surface area contributed by atoms with Gasteiger partial charge < -0.3 is 9.88 Å². The number of hydrogen-bond acceptors (Lipinski definition) is 4. The van der Waals surface area contributed by atoms with Crippen LogP contribution >= 0.6 is 11.3 Å². The SMILES string of the molecule is CNc1nnc(Cc2cccs2)n1C. The zero-order valence-corrected chi connectivity index (χ0v) is 9.01. The molecule has 0 bridgehead atoms. The van der Waals surface area contributed by atoms with Crippen LogP contribution in [0.5, 0.6) is 0 Å². The van der Waals surface area contributed by atoms with Gasteiger partial charge in [-0.2, -0.15) is 0 Å². The molecule has 2 heterocycles. The molecular formula is C9H12N4S. The first-order valence-electron chi connectivity index (χ1n) is 4.39. The molecule has 2 aromatic rings. The average Bonchev–Trinajstić information content (AvgIpc) is 2.79. The van der Waals surface area contributed by atoms with Crippen molar-refractivity contribution in [2.24, 2.45) is 7.05 Å². The van der Waals surface area contributed by atoms with Crippen LogP contribution in [0.2, 0.25) is 0 Å². The van der Waals surface area contributed by atoms with Gasteiger partial charge in [-0.1, -0.05) is 6.07 Å². The third-order valence-corrected chi connectivity index (χ3v) is 2.98. The lowest BCUT2D eigenvalue weighted by Crippen LogP contribution is -2.02. The summed E-state index contributed by atoms with van der Waals surface area (Å²) in [4.78, 5) is 1.31. The van der Waals surface area contributed by atoms with Crippen LogP contribution in [0.3, 0.4) is 0 Å². The van der Waals surface area contributed by atoms with Crippen molar-refractivity contribution in [3.8, 4) is 0 Å². The molecule has 0 aliphatic carbocycles. The second-order valence-corrected chi connectivity index (χ2v) is 4.04. The number of nitrogens with one attached hydrogen (secondary N) is 1. The second kappa shape index (κ2) is 3.79. The molecule has 0 spiro atoms. The average molecular weight is 208 g/mol. The molecule has 0 aliphatic rings. The van der Waals surface area contributed by atoms with Gasteiger partial charge in [-0.25, -0.2) is 0 Å². The van der Waals surface area contributed by atoms with Gasteiger partial charge in [-0.3, -0.25) is 0 Å². The zero-order chi connectivity index (χ0) is 9.97. The quantitative estimate of drug-likeness (QED) is 0.831. The topological polar surface area (TPSA) is 42.7 Å². The third kappa shape index (κ3) is 1.63. The molecule has 0 saturated heterocycles. The number of anilines is 1. The number of aromatic nitrogens is 3. The Kier molecular flexibility index (Phi) is 2.49. The maximum absolute atomic E-state index is 4.12. The fraction of sp³-hybridized carbons (Fsp3) is 0.333. The van der Waals surface area contributed by atoms with E-state index in [1.165, 1.54) is 4.88 Å². The van der Waals surface area contributed by atoms with Crippen LogP contribution in [-0.4, -0.2) is 21.8 Å². The molecule has 0 atom stereocenters. The Labute approximate surface area is 86.6 Å². The van der Waals surface area contributed by atoms with Crippen LogP contribution in [-0.2, 0) is 13.5 Å². The fourth-order valence-corrected chi connectivity index (χ4v) is 2.00. The number of hydrogen-bond donors (Lipinski definition) is 1. The molecule has 0 amide bonds. The molecular weight excluding hydrogens is 196 g/mol. The first-order chi connectivity index (χ1) is 6.81. The Morgan fingerprint density at radius 1 is 1.50 bits per heavy atom. The Bertz CT molecular complexity index is 404. The Balaban J connectivity index is 2.21. The van der Waals surface area contributed by atoms with Gasteiger partial charge in [-0.05, 0) is 11.4 Å². The summed E-state index contributed by atoms with van der Waals surface area (Å²) in [7, 11) is 3.81. The molecule has 0 fully saturated rings. The molecule has 5 heteroatoms. The van der Waals surface area contributed by atoms with E-state index in [9.17, 15) is 0 Å². The summed E-state index contributed by atoms with van der Waals surface area (Å²) in [6, 6.07) is 4.16. The van der Waals surface area contributed by atoms with Crippen molar-refractivity contribution in [2.75, 3.05) is 12.4 Å². The molecule has 0 radical (unpaired) electrons. The van der Waals surface area contributed by atoms with E-state index in [2.05, 4.69) is 33.0 Å². The third-order valence-electron chi connectivity index (χ3n) is 2.10. The molecule has 2 aromatic heterocycles. The molecule has 0 saturated carbocycles. The fourth-order valence-electron chi connectivity index (χ4n) is 1.30. The maximum Gasteiger partial charge on any atom is 0.224 e. The summed E-state index contributed by atoms with van der Waals surface area (Å²) >= 11 is 1.74. The summed E-state index contributed by atoms with van der Waals surface area (Å²) < 4.78 is 1.97. The summed E-state index contributed by atoms with van der Waals surface area (Å²) in [6.07, 6.45) is 0.850. The van der Waals surface area contributed by atoms with E-state index in [1.54, 1.807) is 11.3 Å². The van der Waals surface area contributed by atoms with Crippen molar-refractivity contribution in [1.82, 2.24) is 14.8 Å². The number of thiophene rings is 1. The van der Waals surface area contributed by atoms with Gasteiger partial charge in [0.2, 0.25) is 5.95 Å². The monoisotopic (exact) mass is 208 g/mol. The van der Waals surface area contributed by atoms with Crippen LogP contribution < -0.4 is 5.32 Å². The predicted octanol–water partition coefficient (Wildman–Crippen LogP) is 1.51. The molecule has 0 aliphatic heterocycles. The van der Waals surface area contributed by atoms with Crippen molar-refractivity contribution in [3.63, 3.8) is 0 Å². The van der Waals surface area contributed by atoms with Crippen LogP contribution in [0, 0.1) is 0 Å². The zero-order valence-electron chi connectivity index (χ0n) is 8.19. The highest BCUT2D eigenvalue weighted by atomic mass is 32.1. The minimum atomic E-state index is 0.802. The Morgan fingerprint density at radius 3 is 2.93 bits per heavy atom. The van der Waals surface area contributed by atoms with Crippen LogP contribution in [0.15, 0.2) is 17.5 Å². The molecule has 74 valence electrons. The summed E-state index contributed by atoms with van der Waals surface area (Å²) in [5, 5.41) is 13.2. The van der Waals surface area contributed by atoms with Gasteiger partial charge in [0, 0.05) is 25.4 Å². The molecule has 0 unspecified atom stereocenters. The van der Waals surface area contributed by atoms with E-state index in [-0.39, 0.29) is 0 Å². The van der Waals surface area contributed by atoms with Gasteiger partial charge in [0.15, 0.2) is 0 Å². The highest BCUT2D eigenvalue weighted by Gasteiger charge is 2.07. The molecule has 4 nitrogen and oxygen atoms in total. The van der Waals surface area contributed by atoms with Crippen LogP contribution in [0.4, 0.5) is 5.95 Å². The summed E-state index contributed by atoms with van der Waals surface area (Å²) in [5.74, 6) is 1.79. The lowest BCUT2D eigenvalue weighted by molar-refractivity contribution is 0.830. The highest BCUT2D eigenvalue weighted by molar-refractivity contribution is 7.09. The van der Waals surface area contributed by atoms with E-state index in [4.69, 9.17) is 0 Å². The standard InChI is InChI=1S/C9H12N4S/c1-10-9-12-11-8(13(9)2)6-7-4-3-5-14-7/h3-5H,6H2,1-2H3,(H,10,12). The Morgan fingerprint density at radius 2 is 2.36 bits per heavy atom. The normalized spacial score (nSPS) is 10.4. The smallest absolute Gasteiger partial charge is 0.224 e. The molecule has 2 rings (SSSR count).